The number of ether oxygens (including phenoxy) is 3. The molecule has 1 aliphatic carbocycles. The molecule has 2 heterocycles. The molecule has 6 nitrogen and oxygen atoms in total. The van der Waals surface area contributed by atoms with Gasteiger partial charge in [-0.25, -0.2) is 0 Å². The van der Waals surface area contributed by atoms with E-state index in [9.17, 15) is 4.79 Å². The Morgan fingerprint density at radius 3 is 2.76 bits per heavy atom. The highest BCUT2D eigenvalue weighted by Gasteiger charge is 2.49. The van der Waals surface area contributed by atoms with Crippen LogP contribution in [0.2, 0.25) is 0 Å². The second-order valence-corrected chi connectivity index (χ2v) is 9.73. The number of aryl methyl sites for hydroxylation is 1. The van der Waals surface area contributed by atoms with E-state index in [1.165, 1.54) is 11.1 Å². The monoisotopic (exact) mass is 464 g/mol. The largest absolute Gasteiger partial charge is 0.496 e. The zero-order chi connectivity index (χ0) is 24.0. The molecule has 0 unspecified atom stereocenters. The van der Waals surface area contributed by atoms with Gasteiger partial charge >= 0.3 is 0 Å². The van der Waals surface area contributed by atoms with Gasteiger partial charge in [0.25, 0.3) is 5.91 Å². The van der Waals surface area contributed by atoms with Crippen LogP contribution in [-0.2, 0) is 27.1 Å². The van der Waals surface area contributed by atoms with Gasteiger partial charge in [0.05, 0.1) is 33.5 Å². The normalized spacial score (nSPS) is 19.7. The van der Waals surface area contributed by atoms with E-state index >= 15 is 0 Å². The third kappa shape index (κ3) is 5.68. The average Bonchev–Trinajstić information content (AvgIpc) is 3.34. The Morgan fingerprint density at radius 2 is 2.09 bits per heavy atom. The van der Waals surface area contributed by atoms with E-state index in [2.05, 4.69) is 43.1 Å². The lowest BCUT2D eigenvalue weighted by Crippen LogP contribution is -2.69. The van der Waals surface area contributed by atoms with Crippen LogP contribution in [0.25, 0.3) is 0 Å². The summed E-state index contributed by atoms with van der Waals surface area (Å²) < 4.78 is 16.7. The van der Waals surface area contributed by atoms with Crippen LogP contribution in [-0.4, -0.2) is 62.6 Å². The number of carbonyl (C=O) groups is 1. The molecule has 6 heteroatoms. The minimum Gasteiger partial charge on any atom is -0.496 e. The molecule has 1 amide bonds. The van der Waals surface area contributed by atoms with Gasteiger partial charge in [-0.1, -0.05) is 50.3 Å². The number of rotatable bonds is 9. The van der Waals surface area contributed by atoms with Crippen LogP contribution >= 0.6 is 0 Å². The number of amides is 1. The highest BCUT2D eigenvalue weighted by Crippen LogP contribution is 2.30. The lowest BCUT2D eigenvalue weighted by Gasteiger charge is -2.51. The van der Waals surface area contributed by atoms with Crippen molar-refractivity contribution in [2.45, 2.75) is 45.1 Å². The Labute approximate surface area is 203 Å². The highest BCUT2D eigenvalue weighted by atomic mass is 16.5. The molecule has 0 aromatic heterocycles. The Kier molecular flexibility index (Phi) is 8.01. The predicted molar refractivity (Wildman–Crippen MR) is 134 cm³/mol. The van der Waals surface area contributed by atoms with Gasteiger partial charge in [-0.05, 0) is 54.4 Å². The molecule has 1 spiro atoms. The average molecular weight is 465 g/mol. The summed E-state index contributed by atoms with van der Waals surface area (Å²) in [5, 5.41) is 0. The van der Waals surface area contributed by atoms with E-state index in [4.69, 9.17) is 14.2 Å². The molecular weight excluding hydrogens is 428 g/mol. The number of allylic oxidation sites excluding steroid dienone is 5. The van der Waals surface area contributed by atoms with Crippen molar-refractivity contribution < 1.29 is 19.0 Å². The molecule has 1 aromatic rings. The molecule has 0 saturated carbocycles. The first kappa shape index (κ1) is 24.4. The quantitative estimate of drug-likeness (QED) is 0.404. The standard InChI is InChI=1S/C28H36N2O4/c1-21(2)15-24-12-11-22(16-26(24)32-3)9-6-10-25(29-17-23-7-4-5-8-23)27(31)30-13-14-33-18-28(30)19-34-20-28/h4-5,7,10-12,16-17,21H,6,8-9,13-15,18-20H2,1-3H3/b25-10+,29-17+. The zero-order valence-electron chi connectivity index (χ0n) is 20.6. The molecular formula is C28H36N2O4. The summed E-state index contributed by atoms with van der Waals surface area (Å²) >= 11 is 0. The minimum atomic E-state index is -0.349. The smallest absolute Gasteiger partial charge is 0.272 e. The van der Waals surface area contributed by atoms with Crippen molar-refractivity contribution in [1.82, 2.24) is 4.90 Å². The molecule has 0 radical (unpaired) electrons. The summed E-state index contributed by atoms with van der Waals surface area (Å²) in [5.41, 5.74) is 3.67. The van der Waals surface area contributed by atoms with E-state index in [0.29, 0.717) is 44.6 Å². The Morgan fingerprint density at radius 1 is 1.26 bits per heavy atom. The number of aliphatic imine (C=N–C) groups is 1. The summed E-state index contributed by atoms with van der Waals surface area (Å²) in [6.45, 7) is 7.09. The first-order chi connectivity index (χ1) is 16.5. The van der Waals surface area contributed by atoms with Crippen LogP contribution in [0.4, 0.5) is 0 Å². The molecule has 0 N–H and O–H groups in total. The molecule has 2 fully saturated rings. The maximum absolute atomic E-state index is 13.6. The van der Waals surface area contributed by atoms with Gasteiger partial charge in [-0.3, -0.25) is 9.79 Å². The zero-order valence-corrected chi connectivity index (χ0v) is 20.6. The van der Waals surface area contributed by atoms with Gasteiger partial charge in [-0.15, -0.1) is 0 Å². The second-order valence-electron chi connectivity index (χ2n) is 9.73. The van der Waals surface area contributed by atoms with Crippen LogP contribution in [0, 0.1) is 5.92 Å². The van der Waals surface area contributed by atoms with Crippen molar-refractivity contribution in [3.05, 3.63) is 64.9 Å². The Balaban J connectivity index is 1.49. The van der Waals surface area contributed by atoms with Crippen LogP contribution in [0.3, 0.4) is 0 Å². The van der Waals surface area contributed by atoms with Gasteiger partial charge in [0.1, 0.15) is 17.0 Å². The number of hydrogen-bond donors (Lipinski definition) is 0. The third-order valence-corrected chi connectivity index (χ3v) is 6.53. The van der Waals surface area contributed by atoms with Crippen molar-refractivity contribution in [1.29, 1.82) is 0 Å². The van der Waals surface area contributed by atoms with Gasteiger partial charge in [0.2, 0.25) is 0 Å². The van der Waals surface area contributed by atoms with E-state index in [1.54, 1.807) is 7.11 Å². The number of benzene rings is 1. The fourth-order valence-electron chi connectivity index (χ4n) is 4.60. The maximum atomic E-state index is 13.6. The molecule has 182 valence electrons. The molecule has 3 aliphatic rings. The summed E-state index contributed by atoms with van der Waals surface area (Å²) in [5.74, 6) is 1.47. The SMILES string of the molecule is COc1cc(CC/C=C(/N=C/C2=CC=CC2)C(=O)N2CCOCC23COC3)ccc1CC(C)C. The highest BCUT2D eigenvalue weighted by molar-refractivity contribution is 5.96. The molecule has 34 heavy (non-hydrogen) atoms. The molecule has 0 bridgehead atoms. The van der Waals surface area contributed by atoms with Crippen molar-refractivity contribution in [3.63, 3.8) is 0 Å². The van der Waals surface area contributed by atoms with E-state index in [-0.39, 0.29) is 11.4 Å². The Bertz CT molecular complexity index is 1000. The summed E-state index contributed by atoms with van der Waals surface area (Å²) in [6, 6.07) is 6.44. The second kappa shape index (κ2) is 11.2. The van der Waals surface area contributed by atoms with E-state index in [1.807, 2.05) is 29.3 Å². The van der Waals surface area contributed by atoms with E-state index in [0.717, 1.165) is 37.0 Å². The summed E-state index contributed by atoms with van der Waals surface area (Å²) in [4.78, 5) is 20.1. The lowest BCUT2D eigenvalue weighted by molar-refractivity contribution is -0.200. The third-order valence-electron chi connectivity index (χ3n) is 6.53. The first-order valence-electron chi connectivity index (χ1n) is 12.2. The van der Waals surface area contributed by atoms with Crippen molar-refractivity contribution in [2.24, 2.45) is 10.9 Å². The topological polar surface area (TPSA) is 60.4 Å². The minimum absolute atomic E-state index is 0.0423. The van der Waals surface area contributed by atoms with Crippen LogP contribution in [0.5, 0.6) is 5.75 Å². The molecule has 1 aromatic carbocycles. The number of hydrogen-bond acceptors (Lipinski definition) is 5. The first-order valence-corrected chi connectivity index (χ1v) is 12.2. The molecule has 4 rings (SSSR count). The number of nitrogens with zero attached hydrogens (tertiary/aromatic N) is 2. The molecule has 2 saturated heterocycles. The van der Waals surface area contributed by atoms with Crippen molar-refractivity contribution in [2.75, 3.05) is 40.1 Å². The number of methoxy groups -OCH3 is 1. The van der Waals surface area contributed by atoms with Crippen LogP contribution in [0.1, 0.15) is 37.8 Å². The van der Waals surface area contributed by atoms with Crippen molar-refractivity contribution >= 4 is 12.1 Å². The number of carbonyl (C=O) groups excluding carboxylic acids is 1. The lowest BCUT2D eigenvalue weighted by atomic mass is 9.94. The fraction of sp³-hybridized carbons (Fsp3) is 0.500. The van der Waals surface area contributed by atoms with Gasteiger partial charge in [0, 0.05) is 12.8 Å². The van der Waals surface area contributed by atoms with Crippen molar-refractivity contribution in [3.8, 4) is 5.75 Å². The summed E-state index contributed by atoms with van der Waals surface area (Å²) in [6.07, 6.45) is 13.3. The van der Waals surface area contributed by atoms with E-state index < -0.39 is 0 Å². The molecule has 0 atom stereocenters. The van der Waals surface area contributed by atoms with Crippen LogP contribution in [0.15, 0.2) is 58.8 Å². The summed E-state index contributed by atoms with van der Waals surface area (Å²) in [7, 11) is 1.73. The maximum Gasteiger partial charge on any atom is 0.272 e. The Hall–Kier alpha value is -2.70. The van der Waals surface area contributed by atoms with Gasteiger partial charge in [-0.2, -0.15) is 0 Å². The van der Waals surface area contributed by atoms with Crippen LogP contribution < -0.4 is 4.74 Å². The fourth-order valence-corrected chi connectivity index (χ4v) is 4.60. The van der Waals surface area contributed by atoms with Gasteiger partial charge < -0.3 is 19.1 Å². The predicted octanol–water partition coefficient (Wildman–Crippen LogP) is 4.30. The molecule has 2 aliphatic heterocycles. The van der Waals surface area contributed by atoms with Gasteiger partial charge in [0.15, 0.2) is 0 Å². The number of morpholine rings is 1.